The molecule has 1 heterocycles. The summed E-state index contributed by atoms with van der Waals surface area (Å²) in [6, 6.07) is 25.3. The zero-order valence-corrected chi connectivity index (χ0v) is 19.2. The summed E-state index contributed by atoms with van der Waals surface area (Å²) in [7, 11) is 0. The van der Waals surface area contributed by atoms with E-state index in [1.165, 1.54) is 42.5 Å². The summed E-state index contributed by atoms with van der Waals surface area (Å²) in [4.78, 5) is 14.9. The summed E-state index contributed by atoms with van der Waals surface area (Å²) < 4.78 is 13.0. The standard InChI is InChI=1S/C29H33FN2O/c30-28-14-10-23(11-15-28)7-4-18-31-29(33)27-12-8-26(9-13-27)22-32-19-16-25(17-20-32)21-24-5-2-1-3-6-24/h1-3,5-6,8-15,25H,4,7,16-22H2,(H,31,33). The molecule has 3 nitrogen and oxygen atoms in total. The Morgan fingerprint density at radius 2 is 1.52 bits per heavy atom. The first-order valence-corrected chi connectivity index (χ1v) is 12.0. The Labute approximate surface area is 196 Å². The van der Waals surface area contributed by atoms with Crippen LogP contribution in [0.3, 0.4) is 0 Å². The smallest absolute Gasteiger partial charge is 0.251 e. The van der Waals surface area contributed by atoms with Gasteiger partial charge in [-0.05, 0) is 92.1 Å². The lowest BCUT2D eigenvalue weighted by Gasteiger charge is -2.32. The van der Waals surface area contributed by atoms with E-state index in [2.05, 4.69) is 52.7 Å². The summed E-state index contributed by atoms with van der Waals surface area (Å²) in [5.41, 5.74) is 4.48. The predicted octanol–water partition coefficient (Wildman–Crippen LogP) is 5.64. The van der Waals surface area contributed by atoms with Gasteiger partial charge >= 0.3 is 0 Å². The fourth-order valence-corrected chi connectivity index (χ4v) is 4.56. The number of likely N-dealkylation sites (tertiary alicyclic amines) is 1. The number of aryl methyl sites for hydroxylation is 1. The lowest BCUT2D eigenvalue weighted by atomic mass is 9.90. The van der Waals surface area contributed by atoms with Crippen LogP contribution in [-0.4, -0.2) is 30.4 Å². The monoisotopic (exact) mass is 444 g/mol. The van der Waals surface area contributed by atoms with E-state index in [1.54, 1.807) is 12.1 Å². The number of nitrogens with one attached hydrogen (secondary N) is 1. The topological polar surface area (TPSA) is 32.3 Å². The number of piperidine rings is 1. The van der Waals surface area contributed by atoms with Gasteiger partial charge in [-0.1, -0.05) is 54.6 Å². The van der Waals surface area contributed by atoms with E-state index in [9.17, 15) is 9.18 Å². The van der Waals surface area contributed by atoms with Crippen molar-refractivity contribution in [3.05, 3.63) is 107 Å². The highest BCUT2D eigenvalue weighted by molar-refractivity contribution is 5.94. The Kier molecular flexibility index (Phi) is 8.26. The molecule has 33 heavy (non-hydrogen) atoms. The molecule has 3 aromatic rings. The Balaban J connectivity index is 1.16. The van der Waals surface area contributed by atoms with Crippen LogP contribution in [0.1, 0.15) is 46.3 Å². The third-order valence-corrected chi connectivity index (χ3v) is 6.54. The van der Waals surface area contributed by atoms with Gasteiger partial charge < -0.3 is 5.32 Å². The van der Waals surface area contributed by atoms with Crippen LogP contribution in [0.4, 0.5) is 4.39 Å². The van der Waals surface area contributed by atoms with E-state index in [1.807, 2.05) is 12.1 Å². The minimum Gasteiger partial charge on any atom is -0.352 e. The minimum absolute atomic E-state index is 0.0395. The van der Waals surface area contributed by atoms with Crippen LogP contribution < -0.4 is 5.32 Å². The second kappa shape index (κ2) is 11.8. The van der Waals surface area contributed by atoms with E-state index in [0.29, 0.717) is 12.1 Å². The quantitative estimate of drug-likeness (QED) is 0.433. The van der Waals surface area contributed by atoms with Gasteiger partial charge in [-0.25, -0.2) is 4.39 Å². The van der Waals surface area contributed by atoms with Crippen molar-refractivity contribution in [1.29, 1.82) is 0 Å². The molecule has 1 saturated heterocycles. The zero-order chi connectivity index (χ0) is 22.9. The molecule has 1 amide bonds. The van der Waals surface area contributed by atoms with Crippen LogP contribution in [0.5, 0.6) is 0 Å². The first kappa shape index (κ1) is 23.2. The molecular weight excluding hydrogens is 411 g/mol. The van der Waals surface area contributed by atoms with Gasteiger partial charge in [-0.2, -0.15) is 0 Å². The SMILES string of the molecule is O=C(NCCCc1ccc(F)cc1)c1ccc(CN2CCC(Cc3ccccc3)CC2)cc1. The van der Waals surface area contributed by atoms with Crippen LogP contribution in [-0.2, 0) is 19.4 Å². The zero-order valence-electron chi connectivity index (χ0n) is 19.2. The molecule has 1 aliphatic rings. The second-order valence-electron chi connectivity index (χ2n) is 9.09. The van der Waals surface area contributed by atoms with Crippen molar-refractivity contribution < 1.29 is 9.18 Å². The summed E-state index contributed by atoms with van der Waals surface area (Å²) in [6.45, 7) is 3.81. The maximum Gasteiger partial charge on any atom is 0.251 e. The Bertz CT molecular complexity index is 994. The number of carbonyl (C=O) groups is 1. The number of rotatable bonds is 9. The number of halogens is 1. The maximum atomic E-state index is 13.0. The van der Waals surface area contributed by atoms with Crippen molar-refractivity contribution >= 4 is 5.91 Å². The van der Waals surface area contributed by atoms with Gasteiger partial charge in [0.25, 0.3) is 5.91 Å². The number of hydrogen-bond acceptors (Lipinski definition) is 2. The molecule has 0 radical (unpaired) electrons. The van der Waals surface area contributed by atoms with Crippen molar-refractivity contribution in [2.75, 3.05) is 19.6 Å². The number of nitrogens with zero attached hydrogens (tertiary/aromatic N) is 1. The molecule has 3 aromatic carbocycles. The van der Waals surface area contributed by atoms with E-state index < -0.39 is 0 Å². The average molecular weight is 445 g/mol. The third-order valence-electron chi connectivity index (χ3n) is 6.54. The van der Waals surface area contributed by atoms with Crippen LogP contribution in [0, 0.1) is 11.7 Å². The molecule has 0 unspecified atom stereocenters. The summed E-state index contributed by atoms with van der Waals surface area (Å²) >= 11 is 0. The van der Waals surface area contributed by atoms with Crippen LogP contribution >= 0.6 is 0 Å². The van der Waals surface area contributed by atoms with Gasteiger partial charge in [0.15, 0.2) is 0 Å². The highest BCUT2D eigenvalue weighted by Gasteiger charge is 2.19. The molecular formula is C29H33FN2O. The van der Waals surface area contributed by atoms with E-state index in [4.69, 9.17) is 0 Å². The lowest BCUT2D eigenvalue weighted by Crippen LogP contribution is -2.33. The Morgan fingerprint density at radius 1 is 0.848 bits per heavy atom. The molecule has 0 bridgehead atoms. The van der Waals surface area contributed by atoms with Gasteiger partial charge in [0.1, 0.15) is 5.82 Å². The van der Waals surface area contributed by atoms with Crippen LogP contribution in [0.2, 0.25) is 0 Å². The molecule has 1 N–H and O–H groups in total. The Morgan fingerprint density at radius 3 is 2.21 bits per heavy atom. The first-order chi connectivity index (χ1) is 16.2. The molecule has 0 atom stereocenters. The van der Waals surface area contributed by atoms with Gasteiger partial charge in [0, 0.05) is 18.7 Å². The molecule has 1 aliphatic heterocycles. The van der Waals surface area contributed by atoms with E-state index in [0.717, 1.165) is 44.0 Å². The average Bonchev–Trinajstić information content (AvgIpc) is 2.85. The van der Waals surface area contributed by atoms with Gasteiger partial charge in [-0.3, -0.25) is 9.69 Å². The van der Waals surface area contributed by atoms with Crippen molar-refractivity contribution in [1.82, 2.24) is 10.2 Å². The minimum atomic E-state index is -0.219. The lowest BCUT2D eigenvalue weighted by molar-refractivity contribution is 0.0953. The van der Waals surface area contributed by atoms with Crippen LogP contribution in [0.15, 0.2) is 78.9 Å². The van der Waals surface area contributed by atoms with E-state index in [-0.39, 0.29) is 11.7 Å². The number of amides is 1. The predicted molar refractivity (Wildman–Crippen MR) is 132 cm³/mol. The molecule has 4 rings (SSSR count). The maximum absolute atomic E-state index is 13.0. The van der Waals surface area contributed by atoms with Gasteiger partial charge in [0.2, 0.25) is 0 Å². The van der Waals surface area contributed by atoms with Crippen molar-refractivity contribution in [2.45, 2.75) is 38.6 Å². The van der Waals surface area contributed by atoms with Crippen LogP contribution in [0.25, 0.3) is 0 Å². The van der Waals surface area contributed by atoms with Crippen molar-refractivity contribution in [3.63, 3.8) is 0 Å². The summed E-state index contributed by atoms with van der Waals surface area (Å²) in [6.07, 6.45) is 5.32. The summed E-state index contributed by atoms with van der Waals surface area (Å²) in [5, 5.41) is 2.98. The molecule has 0 aliphatic carbocycles. The third kappa shape index (κ3) is 7.26. The first-order valence-electron chi connectivity index (χ1n) is 12.0. The second-order valence-corrected chi connectivity index (χ2v) is 9.09. The molecule has 0 aromatic heterocycles. The molecule has 0 spiro atoms. The number of benzene rings is 3. The van der Waals surface area contributed by atoms with E-state index >= 15 is 0 Å². The Hall–Kier alpha value is -2.98. The molecule has 4 heteroatoms. The summed E-state index contributed by atoms with van der Waals surface area (Å²) in [5.74, 6) is 0.517. The normalized spacial score (nSPS) is 14.8. The van der Waals surface area contributed by atoms with Gasteiger partial charge in [0.05, 0.1) is 0 Å². The number of hydrogen-bond donors (Lipinski definition) is 1. The highest BCUT2D eigenvalue weighted by atomic mass is 19.1. The largest absolute Gasteiger partial charge is 0.352 e. The molecule has 1 fully saturated rings. The van der Waals surface area contributed by atoms with Crippen molar-refractivity contribution in [3.8, 4) is 0 Å². The highest BCUT2D eigenvalue weighted by Crippen LogP contribution is 2.23. The fraction of sp³-hybridized carbons (Fsp3) is 0.345. The molecule has 0 saturated carbocycles. The number of carbonyl (C=O) groups excluding carboxylic acids is 1. The fourth-order valence-electron chi connectivity index (χ4n) is 4.56. The van der Waals surface area contributed by atoms with Gasteiger partial charge in [-0.15, -0.1) is 0 Å². The van der Waals surface area contributed by atoms with Crippen molar-refractivity contribution in [2.24, 2.45) is 5.92 Å². The molecule has 172 valence electrons.